The third-order valence-corrected chi connectivity index (χ3v) is 7.40. The number of aromatic nitrogens is 4. The van der Waals surface area contributed by atoms with E-state index in [0.29, 0.717) is 30.8 Å². The highest BCUT2D eigenvalue weighted by molar-refractivity contribution is 6.01. The average Bonchev–Trinajstić information content (AvgIpc) is 3.43. The number of benzene rings is 2. The van der Waals surface area contributed by atoms with Gasteiger partial charge in [0.25, 0.3) is 0 Å². The minimum Gasteiger partial charge on any atom is -0.462 e. The number of carbonyl (C=O) groups excluding carboxylic acids is 2. The molecule has 0 N–H and O–H groups in total. The maximum absolute atomic E-state index is 12.4. The summed E-state index contributed by atoms with van der Waals surface area (Å²) in [6.07, 6.45) is 7.11. The number of amides is 1. The SMILES string of the molecule is CCOC(=O)c1ccc2c(-c3cnn4cc(-c5ccc(N6CCN(C(=O)OC(C)(C)C)CC6)cc5)cnc34)ccnc2c1. The molecule has 1 saturated heterocycles. The number of piperazine rings is 1. The first-order chi connectivity index (χ1) is 20.7. The molecule has 0 bridgehead atoms. The molecule has 1 amide bonds. The summed E-state index contributed by atoms with van der Waals surface area (Å²) in [6, 6.07) is 15.7. The number of ether oxygens (including phenoxy) is 2. The molecule has 1 aliphatic heterocycles. The fourth-order valence-corrected chi connectivity index (χ4v) is 5.28. The molecule has 0 atom stereocenters. The molecular formula is C33H34N6O4. The summed E-state index contributed by atoms with van der Waals surface area (Å²) in [5, 5.41) is 5.50. The van der Waals surface area contributed by atoms with Gasteiger partial charge in [0.1, 0.15) is 5.60 Å². The van der Waals surface area contributed by atoms with Crippen LogP contribution in [0, 0.1) is 0 Å². The Morgan fingerprint density at radius 1 is 0.884 bits per heavy atom. The van der Waals surface area contributed by atoms with Crippen LogP contribution in [0.1, 0.15) is 38.1 Å². The fourth-order valence-electron chi connectivity index (χ4n) is 5.28. The van der Waals surface area contributed by atoms with Gasteiger partial charge >= 0.3 is 12.1 Å². The topological polar surface area (TPSA) is 102 Å². The van der Waals surface area contributed by atoms with Crippen LogP contribution < -0.4 is 4.90 Å². The number of hydrogen-bond donors (Lipinski definition) is 0. The second kappa shape index (κ2) is 11.4. The average molecular weight is 579 g/mol. The molecule has 3 aromatic heterocycles. The van der Waals surface area contributed by atoms with E-state index in [1.807, 2.05) is 45.3 Å². The second-order valence-corrected chi connectivity index (χ2v) is 11.5. The van der Waals surface area contributed by atoms with Gasteiger partial charge in [0.2, 0.25) is 0 Å². The zero-order valence-electron chi connectivity index (χ0n) is 24.8. The summed E-state index contributed by atoms with van der Waals surface area (Å²) < 4.78 is 12.4. The lowest BCUT2D eigenvalue weighted by atomic mass is 10.0. The van der Waals surface area contributed by atoms with Crippen LogP contribution in [0.15, 0.2) is 73.3 Å². The van der Waals surface area contributed by atoms with E-state index in [0.717, 1.165) is 52.1 Å². The molecule has 2 aromatic carbocycles. The molecule has 0 unspecified atom stereocenters. The molecule has 43 heavy (non-hydrogen) atoms. The van der Waals surface area contributed by atoms with Crippen LogP contribution in [0.3, 0.4) is 0 Å². The first-order valence-corrected chi connectivity index (χ1v) is 14.4. The number of fused-ring (bicyclic) bond motifs is 2. The lowest BCUT2D eigenvalue weighted by Gasteiger charge is -2.36. The Balaban J connectivity index is 1.19. The van der Waals surface area contributed by atoms with Gasteiger partial charge in [0.05, 0.1) is 23.9 Å². The summed E-state index contributed by atoms with van der Waals surface area (Å²) in [5.41, 5.74) is 6.30. The van der Waals surface area contributed by atoms with Crippen molar-refractivity contribution >= 4 is 34.3 Å². The Labute approximate surface area is 249 Å². The first kappa shape index (κ1) is 28.1. The van der Waals surface area contributed by atoms with Crippen LogP contribution in [-0.4, -0.2) is 74.9 Å². The van der Waals surface area contributed by atoms with Gasteiger partial charge in [0.15, 0.2) is 5.65 Å². The van der Waals surface area contributed by atoms with E-state index in [2.05, 4.69) is 39.2 Å². The van der Waals surface area contributed by atoms with Crippen molar-refractivity contribution in [3.63, 3.8) is 0 Å². The van der Waals surface area contributed by atoms with E-state index in [1.165, 1.54) is 0 Å². The van der Waals surface area contributed by atoms with Crippen LogP contribution >= 0.6 is 0 Å². The molecule has 0 radical (unpaired) electrons. The highest BCUT2D eigenvalue weighted by atomic mass is 16.6. The van der Waals surface area contributed by atoms with Crippen molar-refractivity contribution in [2.45, 2.75) is 33.3 Å². The van der Waals surface area contributed by atoms with Gasteiger partial charge in [-0.25, -0.2) is 19.1 Å². The molecule has 1 fully saturated rings. The summed E-state index contributed by atoms with van der Waals surface area (Å²) in [5.74, 6) is -0.365. The molecule has 220 valence electrons. The fraction of sp³-hybridized carbons (Fsp3) is 0.303. The maximum atomic E-state index is 12.4. The van der Waals surface area contributed by atoms with E-state index in [4.69, 9.17) is 14.5 Å². The van der Waals surface area contributed by atoms with Crippen molar-refractivity contribution in [3.8, 4) is 22.3 Å². The van der Waals surface area contributed by atoms with Gasteiger partial charge in [-0.1, -0.05) is 18.2 Å². The van der Waals surface area contributed by atoms with Gasteiger partial charge in [-0.3, -0.25) is 4.98 Å². The molecule has 4 heterocycles. The van der Waals surface area contributed by atoms with Gasteiger partial charge in [-0.15, -0.1) is 0 Å². The minimum atomic E-state index is -0.496. The molecule has 0 aliphatic carbocycles. The van der Waals surface area contributed by atoms with Crippen molar-refractivity contribution in [2.75, 3.05) is 37.7 Å². The summed E-state index contributed by atoms with van der Waals surface area (Å²) in [4.78, 5) is 37.9. The predicted molar refractivity (Wildman–Crippen MR) is 165 cm³/mol. The van der Waals surface area contributed by atoms with Gasteiger partial charge in [0, 0.05) is 67.0 Å². The Kier molecular flexibility index (Phi) is 7.43. The molecule has 6 rings (SSSR count). The zero-order chi connectivity index (χ0) is 30.1. The van der Waals surface area contributed by atoms with Crippen molar-refractivity contribution in [3.05, 3.63) is 78.9 Å². The molecule has 5 aromatic rings. The molecular weight excluding hydrogens is 544 g/mol. The third kappa shape index (κ3) is 5.86. The monoisotopic (exact) mass is 578 g/mol. The number of anilines is 1. The molecule has 1 aliphatic rings. The van der Waals surface area contributed by atoms with E-state index in [-0.39, 0.29) is 12.1 Å². The molecule has 0 saturated carbocycles. The number of hydrogen-bond acceptors (Lipinski definition) is 8. The highest BCUT2D eigenvalue weighted by Gasteiger charge is 2.26. The number of carbonyl (C=O) groups is 2. The molecule has 10 nitrogen and oxygen atoms in total. The van der Waals surface area contributed by atoms with Gasteiger partial charge < -0.3 is 19.3 Å². The minimum absolute atomic E-state index is 0.257. The van der Waals surface area contributed by atoms with Crippen LogP contribution in [0.25, 0.3) is 38.8 Å². The molecule has 0 spiro atoms. The highest BCUT2D eigenvalue weighted by Crippen LogP contribution is 2.32. The number of pyridine rings is 1. The lowest BCUT2D eigenvalue weighted by molar-refractivity contribution is 0.0240. The molecule has 10 heteroatoms. The largest absolute Gasteiger partial charge is 0.462 e. The van der Waals surface area contributed by atoms with Crippen molar-refractivity contribution < 1.29 is 19.1 Å². The summed E-state index contributed by atoms with van der Waals surface area (Å²) in [6.45, 7) is 10.5. The van der Waals surface area contributed by atoms with E-state index >= 15 is 0 Å². The smallest absolute Gasteiger partial charge is 0.410 e. The number of esters is 1. The van der Waals surface area contributed by atoms with Crippen LogP contribution in [0.2, 0.25) is 0 Å². The first-order valence-electron chi connectivity index (χ1n) is 14.4. The van der Waals surface area contributed by atoms with Crippen molar-refractivity contribution in [1.82, 2.24) is 24.5 Å². The Hall–Kier alpha value is -4.99. The maximum Gasteiger partial charge on any atom is 0.410 e. The second-order valence-electron chi connectivity index (χ2n) is 11.5. The Morgan fingerprint density at radius 3 is 2.37 bits per heavy atom. The summed E-state index contributed by atoms with van der Waals surface area (Å²) in [7, 11) is 0. The Morgan fingerprint density at radius 2 is 1.65 bits per heavy atom. The van der Waals surface area contributed by atoms with Crippen molar-refractivity contribution in [2.24, 2.45) is 0 Å². The van der Waals surface area contributed by atoms with Gasteiger partial charge in [-0.05, 0) is 69.2 Å². The lowest BCUT2D eigenvalue weighted by Crippen LogP contribution is -2.50. The third-order valence-electron chi connectivity index (χ3n) is 7.40. The van der Waals surface area contributed by atoms with Gasteiger partial charge in [-0.2, -0.15) is 5.10 Å². The van der Waals surface area contributed by atoms with E-state index in [9.17, 15) is 9.59 Å². The van der Waals surface area contributed by atoms with Crippen LogP contribution in [-0.2, 0) is 9.47 Å². The van der Waals surface area contributed by atoms with E-state index < -0.39 is 5.60 Å². The number of rotatable bonds is 5. The standard InChI is InChI=1S/C33H34N6O4/c1-5-42-31(40)23-8-11-27-26(12-13-34-29(27)18-23)28-20-36-39-21-24(19-35-30(28)39)22-6-9-25(10-7-22)37-14-16-38(17-15-37)32(41)43-33(2,3)4/h6-13,18-21H,5,14-17H2,1-4H3. The number of nitrogens with zero attached hydrogens (tertiary/aromatic N) is 6. The van der Waals surface area contributed by atoms with Crippen LogP contribution in [0.5, 0.6) is 0 Å². The van der Waals surface area contributed by atoms with Crippen LogP contribution in [0.4, 0.5) is 10.5 Å². The normalized spacial score (nSPS) is 13.9. The quantitative estimate of drug-likeness (QED) is 0.240. The van der Waals surface area contributed by atoms with Crippen molar-refractivity contribution in [1.29, 1.82) is 0 Å². The zero-order valence-corrected chi connectivity index (χ0v) is 24.8. The summed E-state index contributed by atoms with van der Waals surface area (Å²) >= 11 is 0. The van der Waals surface area contributed by atoms with E-state index in [1.54, 1.807) is 40.9 Å². The Bertz CT molecular complexity index is 1800. The predicted octanol–water partition coefficient (Wildman–Crippen LogP) is 5.85.